The van der Waals surface area contributed by atoms with Crippen molar-refractivity contribution in [1.29, 1.82) is 0 Å². The molecule has 1 aliphatic rings. The summed E-state index contributed by atoms with van der Waals surface area (Å²) in [6.45, 7) is 5.73. The Hall–Kier alpha value is -0.660. The number of carbonyl (C=O) groups is 2. The van der Waals surface area contributed by atoms with E-state index in [1.807, 2.05) is 20.8 Å². The Bertz CT molecular complexity index is 223. The van der Waals surface area contributed by atoms with Crippen molar-refractivity contribution in [3.63, 3.8) is 0 Å². The number of hydrogen-bond acceptors (Lipinski definition) is 2. The van der Waals surface area contributed by atoms with Crippen molar-refractivity contribution < 1.29 is 9.59 Å². The van der Waals surface area contributed by atoms with Crippen LogP contribution in [0.5, 0.6) is 0 Å². The maximum absolute atomic E-state index is 11.6. The van der Waals surface area contributed by atoms with Gasteiger partial charge in [-0.1, -0.05) is 20.8 Å². The fraction of sp³-hybridized carbons (Fsp3) is 0.818. The summed E-state index contributed by atoms with van der Waals surface area (Å²) in [5, 5.41) is 0. The Morgan fingerprint density at radius 1 is 1.46 bits per heavy atom. The van der Waals surface area contributed by atoms with Gasteiger partial charge in [0.2, 0.25) is 0 Å². The molecule has 1 fully saturated rings. The lowest BCUT2D eigenvalue weighted by molar-refractivity contribution is -0.130. The molecule has 0 heterocycles. The van der Waals surface area contributed by atoms with Crippen LogP contribution in [0.4, 0.5) is 0 Å². The third-order valence-corrected chi connectivity index (χ3v) is 2.70. The van der Waals surface area contributed by atoms with Crippen LogP contribution in [0.25, 0.3) is 0 Å². The zero-order chi connectivity index (χ0) is 10.1. The largest absolute Gasteiger partial charge is 0.299 e. The molecule has 1 unspecified atom stereocenters. The summed E-state index contributed by atoms with van der Waals surface area (Å²) >= 11 is 0. The average Bonchev–Trinajstić information content (AvgIpc) is 2.34. The van der Waals surface area contributed by atoms with Gasteiger partial charge in [-0.2, -0.15) is 0 Å². The van der Waals surface area contributed by atoms with Crippen molar-refractivity contribution in [2.24, 2.45) is 11.3 Å². The van der Waals surface area contributed by atoms with Crippen LogP contribution in [-0.2, 0) is 9.59 Å². The van der Waals surface area contributed by atoms with Crippen LogP contribution in [-0.4, -0.2) is 11.6 Å². The summed E-state index contributed by atoms with van der Waals surface area (Å²) in [5.41, 5.74) is -0.289. The van der Waals surface area contributed by atoms with Gasteiger partial charge in [-0.05, 0) is 12.8 Å². The van der Waals surface area contributed by atoms with Crippen LogP contribution in [0.2, 0.25) is 0 Å². The lowest BCUT2D eigenvalue weighted by Crippen LogP contribution is -2.24. The minimum absolute atomic E-state index is 0.0340. The predicted molar refractivity (Wildman–Crippen MR) is 51.4 cm³/mol. The highest BCUT2D eigenvalue weighted by Gasteiger charge is 2.30. The molecule has 2 nitrogen and oxygen atoms in total. The van der Waals surface area contributed by atoms with E-state index < -0.39 is 0 Å². The molecule has 0 radical (unpaired) electrons. The Balaban J connectivity index is 2.49. The highest BCUT2D eigenvalue weighted by molar-refractivity contribution is 5.91. The lowest BCUT2D eigenvalue weighted by atomic mass is 9.84. The van der Waals surface area contributed by atoms with E-state index in [0.29, 0.717) is 12.8 Å². The number of rotatable bonds is 2. The van der Waals surface area contributed by atoms with Gasteiger partial charge in [-0.15, -0.1) is 0 Å². The fourth-order valence-electron chi connectivity index (χ4n) is 1.63. The van der Waals surface area contributed by atoms with Crippen LogP contribution in [0.3, 0.4) is 0 Å². The first-order valence-electron chi connectivity index (χ1n) is 4.97. The number of ketones is 2. The Morgan fingerprint density at radius 3 is 2.46 bits per heavy atom. The maximum Gasteiger partial charge on any atom is 0.138 e. The van der Waals surface area contributed by atoms with Gasteiger partial charge in [-0.25, -0.2) is 0 Å². The molecule has 0 aliphatic heterocycles. The van der Waals surface area contributed by atoms with Crippen molar-refractivity contribution in [3.05, 3.63) is 0 Å². The van der Waals surface area contributed by atoms with Gasteiger partial charge >= 0.3 is 0 Å². The van der Waals surface area contributed by atoms with E-state index in [1.54, 1.807) is 0 Å². The summed E-state index contributed by atoms with van der Waals surface area (Å²) in [6, 6.07) is 0. The highest BCUT2D eigenvalue weighted by atomic mass is 16.1. The van der Waals surface area contributed by atoms with Gasteiger partial charge in [0.1, 0.15) is 11.6 Å². The third-order valence-electron chi connectivity index (χ3n) is 2.70. The topological polar surface area (TPSA) is 34.1 Å². The van der Waals surface area contributed by atoms with E-state index >= 15 is 0 Å². The molecule has 1 atom stereocenters. The van der Waals surface area contributed by atoms with Gasteiger partial charge in [0, 0.05) is 24.2 Å². The van der Waals surface area contributed by atoms with Crippen LogP contribution in [0.15, 0.2) is 0 Å². The van der Waals surface area contributed by atoms with E-state index in [4.69, 9.17) is 0 Å². The van der Waals surface area contributed by atoms with Crippen molar-refractivity contribution in [2.75, 3.05) is 0 Å². The first-order chi connectivity index (χ1) is 5.91. The number of carbonyl (C=O) groups excluding carboxylic acids is 2. The second-order valence-electron chi connectivity index (χ2n) is 4.93. The second kappa shape index (κ2) is 3.60. The normalized spacial score (nSPS) is 23.6. The first kappa shape index (κ1) is 10.4. The van der Waals surface area contributed by atoms with Crippen LogP contribution < -0.4 is 0 Å². The van der Waals surface area contributed by atoms with Gasteiger partial charge in [0.15, 0.2) is 0 Å². The highest BCUT2D eigenvalue weighted by Crippen LogP contribution is 2.28. The van der Waals surface area contributed by atoms with E-state index in [1.165, 1.54) is 0 Å². The molecule has 0 aromatic heterocycles. The van der Waals surface area contributed by atoms with Crippen molar-refractivity contribution in [3.8, 4) is 0 Å². The predicted octanol–water partition coefficient (Wildman–Crippen LogP) is 2.36. The molecule has 0 aromatic carbocycles. The smallest absolute Gasteiger partial charge is 0.138 e. The quantitative estimate of drug-likeness (QED) is 0.657. The van der Waals surface area contributed by atoms with Gasteiger partial charge < -0.3 is 0 Å². The molecule has 0 spiro atoms. The van der Waals surface area contributed by atoms with Crippen molar-refractivity contribution in [2.45, 2.75) is 46.5 Å². The molecule has 2 heteroatoms. The molecule has 1 saturated carbocycles. The molecular weight excluding hydrogens is 164 g/mol. The Kier molecular flexibility index (Phi) is 2.89. The summed E-state index contributed by atoms with van der Waals surface area (Å²) in [7, 11) is 0. The summed E-state index contributed by atoms with van der Waals surface area (Å²) in [5.74, 6) is 0.539. The molecule has 0 N–H and O–H groups in total. The standard InChI is InChI=1S/C11H18O2/c1-11(2,3)10(13)7-8-5-4-6-9(8)12/h8H,4-7H2,1-3H3. The SMILES string of the molecule is CC(C)(C)C(=O)CC1CCCC1=O. The van der Waals surface area contributed by atoms with Gasteiger partial charge in [-0.3, -0.25) is 9.59 Å². The molecular formula is C11H18O2. The summed E-state index contributed by atoms with van der Waals surface area (Å²) in [4.78, 5) is 22.9. The first-order valence-corrected chi connectivity index (χ1v) is 4.97. The van der Waals surface area contributed by atoms with Crippen LogP contribution >= 0.6 is 0 Å². The minimum Gasteiger partial charge on any atom is -0.299 e. The van der Waals surface area contributed by atoms with Crippen molar-refractivity contribution >= 4 is 11.6 Å². The second-order valence-corrected chi connectivity index (χ2v) is 4.93. The van der Waals surface area contributed by atoms with Crippen LogP contribution in [0.1, 0.15) is 46.5 Å². The molecule has 0 saturated heterocycles. The maximum atomic E-state index is 11.6. The minimum atomic E-state index is -0.289. The van der Waals surface area contributed by atoms with Crippen LogP contribution in [0, 0.1) is 11.3 Å². The Labute approximate surface area is 79.7 Å². The lowest BCUT2D eigenvalue weighted by Gasteiger charge is -2.18. The number of hydrogen-bond donors (Lipinski definition) is 0. The molecule has 74 valence electrons. The molecule has 13 heavy (non-hydrogen) atoms. The van der Waals surface area contributed by atoms with Gasteiger partial charge in [0.25, 0.3) is 0 Å². The monoisotopic (exact) mass is 182 g/mol. The Morgan fingerprint density at radius 2 is 2.08 bits per heavy atom. The zero-order valence-corrected chi connectivity index (χ0v) is 8.72. The van der Waals surface area contributed by atoms with E-state index in [2.05, 4.69) is 0 Å². The molecule has 1 aliphatic carbocycles. The van der Waals surface area contributed by atoms with Crippen molar-refractivity contribution in [1.82, 2.24) is 0 Å². The third kappa shape index (κ3) is 2.64. The van der Waals surface area contributed by atoms with E-state index in [-0.39, 0.29) is 22.9 Å². The fourth-order valence-corrected chi connectivity index (χ4v) is 1.63. The number of Topliss-reactive ketones (excluding diaryl/α,β-unsaturated/α-hetero) is 2. The molecule has 1 rings (SSSR count). The van der Waals surface area contributed by atoms with E-state index in [0.717, 1.165) is 12.8 Å². The average molecular weight is 182 g/mol. The summed E-state index contributed by atoms with van der Waals surface area (Å²) in [6.07, 6.45) is 3.03. The molecule has 0 bridgehead atoms. The van der Waals surface area contributed by atoms with Gasteiger partial charge in [0.05, 0.1) is 0 Å². The van der Waals surface area contributed by atoms with E-state index in [9.17, 15) is 9.59 Å². The summed E-state index contributed by atoms with van der Waals surface area (Å²) < 4.78 is 0. The molecule has 0 amide bonds. The molecule has 0 aromatic rings. The zero-order valence-electron chi connectivity index (χ0n) is 8.72.